The van der Waals surface area contributed by atoms with E-state index in [4.69, 9.17) is 4.74 Å². The first-order chi connectivity index (χ1) is 9.79. The predicted octanol–water partition coefficient (Wildman–Crippen LogP) is 3.10. The van der Waals surface area contributed by atoms with E-state index in [9.17, 15) is 0 Å². The Morgan fingerprint density at radius 3 is 3.10 bits per heavy atom. The van der Waals surface area contributed by atoms with Crippen LogP contribution in [0, 0.1) is 11.8 Å². The molecule has 0 N–H and O–H groups in total. The molecule has 0 unspecified atom stereocenters. The summed E-state index contributed by atoms with van der Waals surface area (Å²) in [7, 11) is 2.16. The summed E-state index contributed by atoms with van der Waals surface area (Å²) in [5.74, 6) is 7.16. The van der Waals surface area contributed by atoms with Gasteiger partial charge in [-0.05, 0) is 38.9 Å². The molecule has 1 aliphatic heterocycles. The average molecular weight is 272 g/mol. The van der Waals surface area contributed by atoms with Crippen molar-refractivity contribution in [3.63, 3.8) is 0 Å². The minimum atomic E-state index is 0.536. The predicted molar refractivity (Wildman–Crippen MR) is 81.8 cm³/mol. The number of unbranched alkanes of at least 4 members (excludes halogenated alkanes) is 2. The van der Waals surface area contributed by atoms with Gasteiger partial charge in [-0.3, -0.25) is 4.98 Å². The molecule has 1 aromatic heterocycles. The Hall–Kier alpha value is -1.53. The summed E-state index contributed by atoms with van der Waals surface area (Å²) >= 11 is 0. The monoisotopic (exact) mass is 272 g/mol. The van der Waals surface area contributed by atoms with Crippen LogP contribution in [0.3, 0.4) is 0 Å². The van der Waals surface area contributed by atoms with E-state index >= 15 is 0 Å². The molecule has 1 fully saturated rings. The highest BCUT2D eigenvalue weighted by molar-refractivity contribution is 5.36. The number of rotatable bonds is 5. The van der Waals surface area contributed by atoms with E-state index in [1.807, 2.05) is 6.07 Å². The zero-order valence-electron chi connectivity index (χ0n) is 12.6. The Bertz CT molecular complexity index is 475. The lowest BCUT2D eigenvalue weighted by molar-refractivity contribution is 0.198. The third-order valence-corrected chi connectivity index (χ3v) is 3.72. The van der Waals surface area contributed by atoms with Crippen LogP contribution in [0.25, 0.3) is 0 Å². The maximum atomic E-state index is 5.86. The van der Waals surface area contributed by atoms with Crippen molar-refractivity contribution >= 4 is 0 Å². The Morgan fingerprint density at radius 1 is 1.45 bits per heavy atom. The van der Waals surface area contributed by atoms with Gasteiger partial charge in [0.05, 0.1) is 6.20 Å². The van der Waals surface area contributed by atoms with E-state index in [2.05, 4.69) is 35.7 Å². The lowest BCUT2D eigenvalue weighted by atomic mass is 10.2. The zero-order chi connectivity index (χ0) is 14.2. The number of hydrogen-bond acceptors (Lipinski definition) is 3. The second kappa shape index (κ2) is 7.91. The Kier molecular flexibility index (Phi) is 5.88. The van der Waals surface area contributed by atoms with Crippen molar-refractivity contribution in [2.75, 3.05) is 20.2 Å². The molecule has 0 spiro atoms. The number of likely N-dealkylation sites (N-methyl/N-ethyl adjacent to an activating group) is 1. The van der Waals surface area contributed by atoms with Crippen LogP contribution in [0.5, 0.6) is 5.75 Å². The number of likely N-dealkylation sites (tertiary alicyclic amines) is 1. The highest BCUT2D eigenvalue weighted by Crippen LogP contribution is 2.17. The third-order valence-electron chi connectivity index (χ3n) is 3.72. The molecule has 0 aromatic carbocycles. The van der Waals surface area contributed by atoms with Gasteiger partial charge in [0.2, 0.25) is 0 Å². The maximum Gasteiger partial charge on any atom is 0.138 e. The van der Waals surface area contributed by atoms with Crippen LogP contribution in [0.1, 0.15) is 44.6 Å². The van der Waals surface area contributed by atoms with Crippen molar-refractivity contribution in [2.45, 2.75) is 45.1 Å². The molecule has 3 heteroatoms. The highest BCUT2D eigenvalue weighted by Gasteiger charge is 2.21. The molecule has 0 radical (unpaired) electrons. The minimum absolute atomic E-state index is 0.536. The van der Waals surface area contributed by atoms with E-state index in [1.54, 1.807) is 12.4 Å². The van der Waals surface area contributed by atoms with Crippen molar-refractivity contribution < 1.29 is 4.74 Å². The lowest BCUT2D eigenvalue weighted by Gasteiger charge is -2.19. The standard InChI is InChI=1S/C17H24N2O/c1-3-4-5-6-8-15-11-17(13-18-12-15)20-14-16-9-7-10-19(16)2/h11-13,16H,3-5,7,9-10,14H2,1-2H3/t16-/m0/s1. The molecule has 0 bridgehead atoms. The molecule has 1 aliphatic rings. The van der Waals surface area contributed by atoms with Gasteiger partial charge in [-0.2, -0.15) is 0 Å². The molecule has 108 valence electrons. The number of nitrogens with zero attached hydrogens (tertiary/aromatic N) is 2. The van der Waals surface area contributed by atoms with Gasteiger partial charge in [-0.25, -0.2) is 0 Å². The normalized spacial score (nSPS) is 18.6. The van der Waals surface area contributed by atoms with E-state index in [0.29, 0.717) is 6.04 Å². The third kappa shape index (κ3) is 4.54. The van der Waals surface area contributed by atoms with E-state index in [-0.39, 0.29) is 0 Å². The molecule has 1 atom stereocenters. The molecular weight excluding hydrogens is 248 g/mol. The van der Waals surface area contributed by atoms with Crippen molar-refractivity contribution in [2.24, 2.45) is 0 Å². The fourth-order valence-electron chi connectivity index (χ4n) is 2.38. The van der Waals surface area contributed by atoms with E-state index < -0.39 is 0 Å². The van der Waals surface area contributed by atoms with Crippen LogP contribution in [0.4, 0.5) is 0 Å². The van der Waals surface area contributed by atoms with Gasteiger partial charge in [0.1, 0.15) is 12.4 Å². The van der Waals surface area contributed by atoms with E-state index in [1.165, 1.54) is 25.8 Å². The Labute approximate surface area is 122 Å². The quantitative estimate of drug-likeness (QED) is 0.608. The highest BCUT2D eigenvalue weighted by atomic mass is 16.5. The minimum Gasteiger partial charge on any atom is -0.490 e. The molecule has 1 aromatic rings. The van der Waals surface area contributed by atoms with Crippen LogP contribution in [-0.2, 0) is 0 Å². The van der Waals surface area contributed by atoms with Crippen LogP contribution < -0.4 is 4.74 Å². The van der Waals surface area contributed by atoms with Crippen LogP contribution in [0.2, 0.25) is 0 Å². The van der Waals surface area contributed by atoms with Gasteiger partial charge in [-0.1, -0.05) is 25.2 Å². The van der Waals surface area contributed by atoms with Crippen LogP contribution >= 0.6 is 0 Å². The van der Waals surface area contributed by atoms with Gasteiger partial charge in [-0.15, -0.1) is 0 Å². The molecule has 1 saturated heterocycles. The number of hydrogen-bond donors (Lipinski definition) is 0. The molecule has 20 heavy (non-hydrogen) atoms. The first-order valence-corrected chi connectivity index (χ1v) is 7.56. The Morgan fingerprint density at radius 2 is 2.35 bits per heavy atom. The fourth-order valence-corrected chi connectivity index (χ4v) is 2.38. The average Bonchev–Trinajstić information content (AvgIpc) is 2.87. The summed E-state index contributed by atoms with van der Waals surface area (Å²) in [5.41, 5.74) is 0.943. The van der Waals surface area contributed by atoms with Crippen molar-refractivity contribution in [3.05, 3.63) is 24.0 Å². The second-order valence-electron chi connectivity index (χ2n) is 5.40. The molecule has 0 aliphatic carbocycles. The number of pyridine rings is 1. The first-order valence-electron chi connectivity index (χ1n) is 7.56. The summed E-state index contributed by atoms with van der Waals surface area (Å²) in [6.45, 7) is 4.10. The van der Waals surface area contributed by atoms with Crippen LogP contribution in [0.15, 0.2) is 18.5 Å². The summed E-state index contributed by atoms with van der Waals surface area (Å²) in [6, 6.07) is 2.52. The molecule has 2 rings (SSSR count). The van der Waals surface area contributed by atoms with Gasteiger partial charge < -0.3 is 9.64 Å². The Balaban J connectivity index is 1.86. The van der Waals surface area contributed by atoms with Gasteiger partial charge in [0, 0.05) is 24.2 Å². The smallest absolute Gasteiger partial charge is 0.138 e. The van der Waals surface area contributed by atoms with Crippen molar-refractivity contribution in [3.8, 4) is 17.6 Å². The molecule has 2 heterocycles. The number of ether oxygens (including phenoxy) is 1. The first kappa shape index (κ1) is 14.9. The second-order valence-corrected chi connectivity index (χ2v) is 5.40. The van der Waals surface area contributed by atoms with Gasteiger partial charge >= 0.3 is 0 Å². The van der Waals surface area contributed by atoms with Gasteiger partial charge in [0.15, 0.2) is 0 Å². The van der Waals surface area contributed by atoms with E-state index in [0.717, 1.165) is 30.8 Å². The summed E-state index contributed by atoms with van der Waals surface area (Å²) in [6.07, 6.45) is 9.36. The maximum absolute atomic E-state index is 5.86. The fraction of sp³-hybridized carbons (Fsp3) is 0.588. The molecule has 0 saturated carbocycles. The largest absolute Gasteiger partial charge is 0.490 e. The molecular formula is C17H24N2O. The molecule has 3 nitrogen and oxygen atoms in total. The zero-order valence-corrected chi connectivity index (χ0v) is 12.6. The lowest BCUT2D eigenvalue weighted by Crippen LogP contribution is -2.30. The van der Waals surface area contributed by atoms with Crippen LogP contribution in [-0.4, -0.2) is 36.1 Å². The SMILES string of the molecule is CCCCC#Cc1cncc(OC[C@@H]2CCCN2C)c1. The van der Waals surface area contributed by atoms with Crippen molar-refractivity contribution in [1.82, 2.24) is 9.88 Å². The molecule has 0 amide bonds. The number of aromatic nitrogens is 1. The summed E-state index contributed by atoms with van der Waals surface area (Å²) in [5, 5.41) is 0. The topological polar surface area (TPSA) is 25.4 Å². The summed E-state index contributed by atoms with van der Waals surface area (Å²) < 4.78 is 5.86. The van der Waals surface area contributed by atoms with Crippen molar-refractivity contribution in [1.29, 1.82) is 0 Å². The van der Waals surface area contributed by atoms with Gasteiger partial charge in [0.25, 0.3) is 0 Å². The summed E-state index contributed by atoms with van der Waals surface area (Å²) in [4.78, 5) is 6.57.